The zero-order valence-electron chi connectivity index (χ0n) is 14.1. The van der Waals surface area contributed by atoms with E-state index in [0.717, 1.165) is 22.8 Å². The number of aromatic nitrogens is 1. The van der Waals surface area contributed by atoms with Gasteiger partial charge in [0.2, 0.25) is 5.90 Å². The first-order valence-corrected chi connectivity index (χ1v) is 7.94. The van der Waals surface area contributed by atoms with Crippen molar-refractivity contribution in [1.29, 1.82) is 0 Å². The fourth-order valence-electron chi connectivity index (χ4n) is 2.49. The lowest BCUT2D eigenvalue weighted by molar-refractivity contribution is 0.236. The van der Waals surface area contributed by atoms with Crippen LogP contribution in [0.25, 0.3) is 0 Å². The zero-order chi connectivity index (χ0) is 16.4. The summed E-state index contributed by atoms with van der Waals surface area (Å²) < 4.78 is 5.87. The molecule has 1 aromatic heterocycles. The number of nitrogens with zero attached hydrogens (tertiary/aromatic N) is 2. The number of para-hydroxylation sites is 1. The van der Waals surface area contributed by atoms with Gasteiger partial charge >= 0.3 is 0 Å². The van der Waals surface area contributed by atoms with Crippen molar-refractivity contribution in [2.24, 2.45) is 10.4 Å². The van der Waals surface area contributed by atoms with Crippen LogP contribution in [0, 0.1) is 12.3 Å². The maximum Gasteiger partial charge on any atom is 0.218 e. The molecule has 1 aliphatic heterocycles. The quantitative estimate of drug-likeness (QED) is 0.918. The van der Waals surface area contributed by atoms with Crippen LogP contribution in [0.15, 0.2) is 47.5 Å². The van der Waals surface area contributed by atoms with E-state index >= 15 is 0 Å². The molecule has 1 N–H and O–H groups in total. The van der Waals surface area contributed by atoms with Crippen molar-refractivity contribution in [3.63, 3.8) is 0 Å². The number of nitrogens with one attached hydrogen (secondary N) is 1. The lowest BCUT2D eigenvalue weighted by Gasteiger charge is -2.21. The molecule has 0 radical (unpaired) electrons. The van der Waals surface area contributed by atoms with E-state index < -0.39 is 0 Å². The minimum Gasteiger partial charge on any atom is -0.475 e. The van der Waals surface area contributed by atoms with Gasteiger partial charge < -0.3 is 10.1 Å². The molecule has 1 atom stereocenters. The van der Waals surface area contributed by atoms with Gasteiger partial charge in [-0.15, -0.1) is 0 Å². The molecule has 2 aromatic rings. The van der Waals surface area contributed by atoms with Gasteiger partial charge in [-0.2, -0.15) is 0 Å². The second-order valence-corrected chi connectivity index (χ2v) is 6.96. The largest absolute Gasteiger partial charge is 0.475 e. The first-order valence-electron chi connectivity index (χ1n) is 7.94. The number of pyridine rings is 1. The highest BCUT2D eigenvalue weighted by Crippen LogP contribution is 2.29. The Kier molecular flexibility index (Phi) is 4.07. The third-order valence-corrected chi connectivity index (χ3v) is 3.96. The molecule has 120 valence electrons. The summed E-state index contributed by atoms with van der Waals surface area (Å²) in [5, 5.41) is 3.37. The number of anilines is 2. The van der Waals surface area contributed by atoms with E-state index in [1.54, 1.807) is 0 Å². The van der Waals surface area contributed by atoms with Crippen LogP contribution in [0.3, 0.4) is 0 Å². The summed E-state index contributed by atoms with van der Waals surface area (Å²) in [6, 6.07) is 14.2. The molecule has 0 saturated carbocycles. The molecular weight excluding hydrogens is 286 g/mol. The standard InChI is InChI=1S/C19H23N3O/c1-13-8-7-11-17(20-13)21-15-10-6-5-9-14(15)18-22-16(12-23-18)19(2,3)4/h5-11,16H,12H2,1-4H3,(H,20,21)/t16-/m1/s1. The van der Waals surface area contributed by atoms with Crippen LogP contribution >= 0.6 is 0 Å². The van der Waals surface area contributed by atoms with E-state index in [1.165, 1.54) is 0 Å². The average Bonchev–Trinajstić information content (AvgIpc) is 2.98. The van der Waals surface area contributed by atoms with E-state index in [0.29, 0.717) is 12.5 Å². The number of aliphatic imine (C=N–C) groups is 1. The Bertz CT molecular complexity index is 731. The Morgan fingerprint density at radius 3 is 2.57 bits per heavy atom. The molecule has 0 aliphatic carbocycles. The number of hydrogen-bond acceptors (Lipinski definition) is 4. The molecule has 1 aliphatic rings. The molecule has 0 amide bonds. The predicted molar refractivity (Wildman–Crippen MR) is 94.4 cm³/mol. The van der Waals surface area contributed by atoms with Crippen molar-refractivity contribution in [1.82, 2.24) is 4.98 Å². The molecule has 3 rings (SSSR count). The molecule has 0 saturated heterocycles. The van der Waals surface area contributed by atoms with Crippen LogP contribution in [-0.4, -0.2) is 23.5 Å². The molecule has 4 heteroatoms. The van der Waals surface area contributed by atoms with Crippen molar-refractivity contribution in [2.45, 2.75) is 33.7 Å². The van der Waals surface area contributed by atoms with Gasteiger partial charge in [0, 0.05) is 5.69 Å². The number of aryl methyl sites for hydroxylation is 1. The average molecular weight is 309 g/mol. The summed E-state index contributed by atoms with van der Waals surface area (Å²) in [7, 11) is 0. The molecule has 0 unspecified atom stereocenters. The van der Waals surface area contributed by atoms with E-state index in [4.69, 9.17) is 9.73 Å². The maximum atomic E-state index is 5.87. The Morgan fingerprint density at radius 2 is 1.87 bits per heavy atom. The third kappa shape index (κ3) is 3.52. The second-order valence-electron chi connectivity index (χ2n) is 6.96. The zero-order valence-corrected chi connectivity index (χ0v) is 14.1. The number of rotatable bonds is 3. The van der Waals surface area contributed by atoms with Crippen molar-refractivity contribution in [3.05, 3.63) is 53.7 Å². The van der Waals surface area contributed by atoms with Gasteiger partial charge in [-0.1, -0.05) is 39.0 Å². The van der Waals surface area contributed by atoms with Crippen LogP contribution in [0.5, 0.6) is 0 Å². The van der Waals surface area contributed by atoms with Gasteiger partial charge in [-0.05, 0) is 36.6 Å². The second kappa shape index (κ2) is 6.03. The highest BCUT2D eigenvalue weighted by molar-refractivity contribution is 6.01. The highest BCUT2D eigenvalue weighted by Gasteiger charge is 2.31. The van der Waals surface area contributed by atoms with Crippen molar-refractivity contribution < 1.29 is 4.74 Å². The van der Waals surface area contributed by atoms with Crippen molar-refractivity contribution in [3.8, 4) is 0 Å². The van der Waals surface area contributed by atoms with Crippen molar-refractivity contribution >= 4 is 17.4 Å². The van der Waals surface area contributed by atoms with Crippen LogP contribution in [0.4, 0.5) is 11.5 Å². The van der Waals surface area contributed by atoms with E-state index in [1.807, 2.05) is 49.4 Å². The monoisotopic (exact) mass is 309 g/mol. The van der Waals surface area contributed by atoms with Gasteiger partial charge in [-0.3, -0.25) is 0 Å². The van der Waals surface area contributed by atoms with Gasteiger partial charge in [0.15, 0.2) is 0 Å². The van der Waals surface area contributed by atoms with E-state index in [2.05, 4.69) is 31.1 Å². The topological polar surface area (TPSA) is 46.5 Å². The molecule has 2 heterocycles. The van der Waals surface area contributed by atoms with Gasteiger partial charge in [0.1, 0.15) is 12.4 Å². The van der Waals surface area contributed by atoms with Gasteiger partial charge in [0.05, 0.1) is 17.3 Å². The lowest BCUT2D eigenvalue weighted by atomic mass is 9.88. The Balaban J connectivity index is 1.90. The number of ether oxygens (including phenoxy) is 1. The maximum absolute atomic E-state index is 5.87. The highest BCUT2D eigenvalue weighted by atomic mass is 16.5. The first kappa shape index (κ1) is 15.5. The molecule has 23 heavy (non-hydrogen) atoms. The molecular formula is C19H23N3O. The number of benzene rings is 1. The van der Waals surface area contributed by atoms with Crippen LogP contribution in [0.2, 0.25) is 0 Å². The van der Waals surface area contributed by atoms with Crippen LogP contribution < -0.4 is 5.32 Å². The van der Waals surface area contributed by atoms with Gasteiger partial charge in [-0.25, -0.2) is 9.98 Å². The Morgan fingerprint density at radius 1 is 1.09 bits per heavy atom. The first-order chi connectivity index (χ1) is 10.9. The number of hydrogen-bond donors (Lipinski definition) is 1. The molecule has 1 aromatic carbocycles. The molecule has 0 bridgehead atoms. The SMILES string of the molecule is Cc1cccc(Nc2ccccc2C2=N[C@@H](C(C)(C)C)CO2)n1. The summed E-state index contributed by atoms with van der Waals surface area (Å²) in [6.45, 7) is 9.18. The fraction of sp³-hybridized carbons (Fsp3) is 0.368. The summed E-state index contributed by atoms with van der Waals surface area (Å²) >= 11 is 0. The van der Waals surface area contributed by atoms with E-state index in [9.17, 15) is 0 Å². The summed E-state index contributed by atoms with van der Waals surface area (Å²) in [5.74, 6) is 1.53. The minimum atomic E-state index is 0.0994. The smallest absolute Gasteiger partial charge is 0.218 e. The lowest BCUT2D eigenvalue weighted by Crippen LogP contribution is -2.25. The van der Waals surface area contributed by atoms with Crippen LogP contribution in [0.1, 0.15) is 32.0 Å². The Hall–Kier alpha value is -2.36. The van der Waals surface area contributed by atoms with Crippen molar-refractivity contribution in [2.75, 3.05) is 11.9 Å². The third-order valence-electron chi connectivity index (χ3n) is 3.96. The molecule has 4 nitrogen and oxygen atoms in total. The minimum absolute atomic E-state index is 0.0994. The van der Waals surface area contributed by atoms with Gasteiger partial charge in [0.25, 0.3) is 0 Å². The molecule has 0 fully saturated rings. The van der Waals surface area contributed by atoms with E-state index in [-0.39, 0.29) is 11.5 Å². The Labute approximate surface area is 137 Å². The summed E-state index contributed by atoms with van der Waals surface area (Å²) in [6.07, 6.45) is 0. The molecule has 0 spiro atoms. The predicted octanol–water partition coefficient (Wildman–Crippen LogP) is 4.33. The fourth-order valence-corrected chi connectivity index (χ4v) is 2.49. The van der Waals surface area contributed by atoms with Crippen LogP contribution in [-0.2, 0) is 4.74 Å². The summed E-state index contributed by atoms with van der Waals surface area (Å²) in [5.41, 5.74) is 3.01. The normalized spacial score (nSPS) is 17.6. The summed E-state index contributed by atoms with van der Waals surface area (Å²) in [4.78, 5) is 9.28.